The maximum absolute atomic E-state index is 11.6. The third-order valence-corrected chi connectivity index (χ3v) is 5.45. The molecule has 5 rings (SSSR count). The van der Waals surface area contributed by atoms with E-state index in [0.29, 0.717) is 17.3 Å². The van der Waals surface area contributed by atoms with Crippen LogP contribution in [-0.2, 0) is 4.79 Å². The Labute approximate surface area is 174 Å². The van der Waals surface area contributed by atoms with Crippen molar-refractivity contribution < 1.29 is 9.90 Å². The van der Waals surface area contributed by atoms with Crippen LogP contribution in [0.15, 0.2) is 48.2 Å². The van der Waals surface area contributed by atoms with Gasteiger partial charge in [0.25, 0.3) is 0 Å². The molecule has 30 heavy (non-hydrogen) atoms. The molecule has 1 aliphatic carbocycles. The van der Waals surface area contributed by atoms with Crippen LogP contribution in [0, 0.1) is 0 Å². The SMILES string of the molecule is CC(Nc1cc(NC2CC2)n2ncc(C=C3CC(=O)NC3O)c2n1)c1ccccc1. The Morgan fingerprint density at radius 2 is 2.10 bits per heavy atom. The van der Waals surface area contributed by atoms with Gasteiger partial charge in [-0.15, -0.1) is 0 Å². The van der Waals surface area contributed by atoms with Crippen LogP contribution in [-0.4, -0.2) is 37.9 Å². The van der Waals surface area contributed by atoms with Gasteiger partial charge in [-0.2, -0.15) is 9.61 Å². The van der Waals surface area contributed by atoms with Crippen molar-refractivity contribution in [3.8, 4) is 0 Å². The summed E-state index contributed by atoms with van der Waals surface area (Å²) >= 11 is 0. The number of aliphatic hydroxyl groups is 1. The number of benzene rings is 1. The highest BCUT2D eigenvalue weighted by molar-refractivity contribution is 5.85. The minimum absolute atomic E-state index is 0.0816. The molecule has 4 N–H and O–H groups in total. The molecule has 2 unspecified atom stereocenters. The van der Waals surface area contributed by atoms with Crippen LogP contribution in [0.2, 0.25) is 0 Å². The molecule has 0 radical (unpaired) electrons. The highest BCUT2D eigenvalue weighted by Crippen LogP contribution is 2.29. The predicted octanol–water partition coefficient (Wildman–Crippen LogP) is 2.70. The summed E-state index contributed by atoms with van der Waals surface area (Å²) in [6.45, 7) is 2.10. The van der Waals surface area contributed by atoms with Gasteiger partial charge in [-0.3, -0.25) is 4.79 Å². The van der Waals surface area contributed by atoms with Gasteiger partial charge in [0.15, 0.2) is 5.65 Å². The smallest absolute Gasteiger partial charge is 0.226 e. The van der Waals surface area contributed by atoms with Crippen LogP contribution in [0.1, 0.15) is 43.4 Å². The standard InChI is InChI=1S/C22H24N6O2/c1-13(14-5-3-2-4-6-14)24-18-11-19(25-17-7-8-17)28-21(26-18)16(12-23-28)9-15-10-20(29)27-22(15)30/h2-6,9,11-13,17,22,25,30H,7-8,10H2,1H3,(H,24,26)(H,27,29). The van der Waals surface area contributed by atoms with Gasteiger partial charge in [0.1, 0.15) is 17.9 Å². The summed E-state index contributed by atoms with van der Waals surface area (Å²) in [5, 5.41) is 24.0. The highest BCUT2D eigenvalue weighted by Gasteiger charge is 2.26. The summed E-state index contributed by atoms with van der Waals surface area (Å²) in [6.07, 6.45) is 5.01. The summed E-state index contributed by atoms with van der Waals surface area (Å²) in [4.78, 5) is 16.4. The van der Waals surface area contributed by atoms with Crippen molar-refractivity contribution in [2.24, 2.45) is 0 Å². The maximum atomic E-state index is 11.6. The van der Waals surface area contributed by atoms with Gasteiger partial charge in [-0.05, 0) is 37.0 Å². The first-order valence-corrected chi connectivity index (χ1v) is 10.2. The Morgan fingerprint density at radius 1 is 1.30 bits per heavy atom. The third-order valence-electron chi connectivity index (χ3n) is 5.45. The maximum Gasteiger partial charge on any atom is 0.226 e. The summed E-state index contributed by atoms with van der Waals surface area (Å²) in [5.41, 5.74) is 3.22. The quantitative estimate of drug-likeness (QED) is 0.504. The average Bonchev–Trinajstić information content (AvgIpc) is 3.37. The van der Waals surface area contributed by atoms with Crippen molar-refractivity contribution in [2.45, 2.75) is 44.5 Å². The lowest BCUT2D eigenvalue weighted by Gasteiger charge is -2.17. The van der Waals surface area contributed by atoms with E-state index in [9.17, 15) is 9.90 Å². The average molecular weight is 404 g/mol. The fraction of sp³-hybridized carbons (Fsp3) is 0.318. The Hall–Kier alpha value is -3.39. The van der Waals surface area contributed by atoms with Gasteiger partial charge in [0.05, 0.1) is 12.6 Å². The van der Waals surface area contributed by atoms with Gasteiger partial charge in [0, 0.05) is 23.7 Å². The lowest BCUT2D eigenvalue weighted by molar-refractivity contribution is -0.120. The molecule has 1 saturated carbocycles. The van der Waals surface area contributed by atoms with Crippen LogP contribution in [0.25, 0.3) is 11.7 Å². The number of hydrogen-bond donors (Lipinski definition) is 4. The number of fused-ring (bicyclic) bond motifs is 1. The Morgan fingerprint density at radius 3 is 2.80 bits per heavy atom. The fourth-order valence-corrected chi connectivity index (χ4v) is 3.65. The summed E-state index contributed by atoms with van der Waals surface area (Å²) in [5.74, 6) is 1.42. The third kappa shape index (κ3) is 3.73. The second kappa shape index (κ2) is 7.46. The van der Waals surface area contributed by atoms with E-state index < -0.39 is 6.23 Å². The first-order valence-electron chi connectivity index (χ1n) is 10.2. The molecule has 2 aliphatic rings. The molecule has 3 aromatic rings. The molecule has 1 aromatic carbocycles. The Kier molecular flexibility index (Phi) is 4.63. The molecular formula is C22H24N6O2. The lowest BCUT2D eigenvalue weighted by atomic mass is 10.1. The predicted molar refractivity (Wildman–Crippen MR) is 115 cm³/mol. The van der Waals surface area contributed by atoms with E-state index in [1.165, 1.54) is 5.56 Å². The van der Waals surface area contributed by atoms with Crippen LogP contribution >= 0.6 is 0 Å². The van der Waals surface area contributed by atoms with E-state index in [-0.39, 0.29) is 18.4 Å². The molecule has 0 spiro atoms. The Balaban J connectivity index is 1.52. The largest absolute Gasteiger partial charge is 0.370 e. The summed E-state index contributed by atoms with van der Waals surface area (Å²) in [7, 11) is 0. The zero-order valence-corrected chi connectivity index (χ0v) is 16.7. The number of nitrogens with one attached hydrogen (secondary N) is 3. The number of rotatable bonds is 6. The molecule has 3 heterocycles. The summed E-state index contributed by atoms with van der Waals surface area (Å²) < 4.78 is 1.78. The second-order valence-corrected chi connectivity index (χ2v) is 7.92. The lowest BCUT2D eigenvalue weighted by Crippen LogP contribution is -2.25. The molecule has 0 bridgehead atoms. The molecule has 8 heteroatoms. The molecule has 8 nitrogen and oxygen atoms in total. The fourth-order valence-electron chi connectivity index (χ4n) is 3.65. The second-order valence-electron chi connectivity index (χ2n) is 7.92. The number of carbonyl (C=O) groups is 1. The van der Waals surface area contributed by atoms with E-state index in [1.54, 1.807) is 16.8 Å². The van der Waals surface area contributed by atoms with E-state index >= 15 is 0 Å². The number of nitrogens with zero attached hydrogens (tertiary/aromatic N) is 3. The molecular weight excluding hydrogens is 380 g/mol. The van der Waals surface area contributed by atoms with E-state index in [1.807, 2.05) is 24.3 Å². The monoisotopic (exact) mass is 404 g/mol. The number of anilines is 2. The number of carbonyl (C=O) groups excluding carboxylic acids is 1. The van der Waals surface area contributed by atoms with Crippen LogP contribution in [0.3, 0.4) is 0 Å². The minimum atomic E-state index is -0.962. The normalized spacial score (nSPS) is 21.1. The zero-order valence-electron chi connectivity index (χ0n) is 16.7. The first kappa shape index (κ1) is 18.6. The minimum Gasteiger partial charge on any atom is -0.370 e. The molecule has 2 aromatic heterocycles. The van der Waals surface area contributed by atoms with Crippen molar-refractivity contribution in [3.05, 3.63) is 59.3 Å². The van der Waals surface area contributed by atoms with E-state index in [0.717, 1.165) is 30.0 Å². The van der Waals surface area contributed by atoms with E-state index in [2.05, 4.69) is 40.1 Å². The summed E-state index contributed by atoms with van der Waals surface area (Å²) in [6, 6.07) is 12.7. The van der Waals surface area contributed by atoms with Gasteiger partial charge in [-0.1, -0.05) is 30.3 Å². The molecule has 2 fully saturated rings. The van der Waals surface area contributed by atoms with Crippen molar-refractivity contribution in [1.82, 2.24) is 19.9 Å². The number of aliphatic hydroxyl groups excluding tert-OH is 1. The molecule has 1 saturated heterocycles. The molecule has 154 valence electrons. The van der Waals surface area contributed by atoms with Gasteiger partial charge < -0.3 is 21.1 Å². The molecule has 1 aliphatic heterocycles. The number of amides is 1. The first-order chi connectivity index (χ1) is 14.6. The number of aromatic nitrogens is 3. The molecule has 2 atom stereocenters. The zero-order chi connectivity index (χ0) is 20.7. The van der Waals surface area contributed by atoms with Crippen molar-refractivity contribution in [2.75, 3.05) is 10.6 Å². The van der Waals surface area contributed by atoms with Gasteiger partial charge in [0.2, 0.25) is 5.91 Å². The van der Waals surface area contributed by atoms with Crippen LogP contribution < -0.4 is 16.0 Å². The molecule has 1 amide bonds. The van der Waals surface area contributed by atoms with Crippen molar-refractivity contribution in [3.63, 3.8) is 0 Å². The topological polar surface area (TPSA) is 104 Å². The highest BCUT2D eigenvalue weighted by atomic mass is 16.3. The van der Waals surface area contributed by atoms with Gasteiger partial charge >= 0.3 is 0 Å². The Bertz CT molecular complexity index is 1120. The van der Waals surface area contributed by atoms with Crippen LogP contribution in [0.5, 0.6) is 0 Å². The van der Waals surface area contributed by atoms with Crippen molar-refractivity contribution >= 4 is 29.3 Å². The van der Waals surface area contributed by atoms with Gasteiger partial charge in [-0.25, -0.2) is 4.98 Å². The van der Waals surface area contributed by atoms with Crippen molar-refractivity contribution in [1.29, 1.82) is 0 Å². The number of hydrogen-bond acceptors (Lipinski definition) is 6. The van der Waals surface area contributed by atoms with Crippen LogP contribution in [0.4, 0.5) is 11.6 Å². The van der Waals surface area contributed by atoms with E-state index in [4.69, 9.17) is 4.98 Å².